The van der Waals surface area contributed by atoms with Crippen molar-refractivity contribution >= 4 is 23.6 Å². The van der Waals surface area contributed by atoms with Gasteiger partial charge in [0, 0.05) is 5.54 Å². The second-order valence-electron chi connectivity index (χ2n) is 11.9. The van der Waals surface area contributed by atoms with E-state index in [9.17, 15) is 0 Å². The Labute approximate surface area is 240 Å². The fourth-order valence-electron chi connectivity index (χ4n) is 6.42. The highest BCUT2D eigenvalue weighted by molar-refractivity contribution is 7.13. The standard InChI is InChI=1S/C38H50Si/c1-6-9-13-31-18-24-34(25-19-31)39(38-17-12-16-37(38)30(4)5,35-26-20-32(21-27-35)14-10-7-2)36-28-22-33(23-29-36)15-11-8-3/h12,16-30,38H,6-11,13-15H2,1-5H3. The smallest absolute Gasteiger partial charge is 0.0790 e. The molecule has 0 aliphatic heterocycles. The van der Waals surface area contributed by atoms with Gasteiger partial charge in [0.1, 0.15) is 0 Å². The second-order valence-corrected chi connectivity index (χ2v) is 15.9. The number of hydrogen-bond acceptors (Lipinski definition) is 0. The van der Waals surface area contributed by atoms with Crippen molar-refractivity contribution in [2.75, 3.05) is 0 Å². The number of aryl methyl sites for hydroxylation is 3. The molecule has 3 aromatic rings. The van der Waals surface area contributed by atoms with Gasteiger partial charge in [-0.25, -0.2) is 0 Å². The summed E-state index contributed by atoms with van der Waals surface area (Å²) in [5, 5.41) is 4.61. The number of benzene rings is 3. The first-order valence-electron chi connectivity index (χ1n) is 15.7. The summed E-state index contributed by atoms with van der Waals surface area (Å²) in [7, 11) is -2.43. The van der Waals surface area contributed by atoms with Crippen LogP contribution in [0.3, 0.4) is 0 Å². The Balaban J connectivity index is 1.93. The van der Waals surface area contributed by atoms with Crippen LogP contribution in [0.2, 0.25) is 5.54 Å². The fraction of sp³-hybridized carbons (Fsp3) is 0.421. The van der Waals surface area contributed by atoms with Crippen molar-refractivity contribution < 1.29 is 0 Å². The van der Waals surface area contributed by atoms with E-state index in [1.165, 1.54) is 90.0 Å². The highest BCUT2D eigenvalue weighted by Gasteiger charge is 2.48. The van der Waals surface area contributed by atoms with Crippen molar-refractivity contribution in [1.29, 1.82) is 0 Å². The van der Waals surface area contributed by atoms with Gasteiger partial charge in [-0.05, 0) is 76.7 Å². The van der Waals surface area contributed by atoms with Crippen LogP contribution in [0, 0.1) is 5.92 Å². The van der Waals surface area contributed by atoms with Crippen LogP contribution in [-0.4, -0.2) is 8.07 Å². The molecular formula is C38H50Si. The molecule has 0 saturated carbocycles. The third-order valence-corrected chi connectivity index (χ3v) is 14.0. The maximum absolute atomic E-state index is 2.53. The lowest BCUT2D eigenvalue weighted by atomic mass is 10.0. The van der Waals surface area contributed by atoms with E-state index in [1.54, 1.807) is 5.57 Å². The van der Waals surface area contributed by atoms with Crippen LogP contribution in [0.5, 0.6) is 0 Å². The molecule has 1 unspecified atom stereocenters. The first-order chi connectivity index (χ1) is 19.0. The Kier molecular flexibility index (Phi) is 10.6. The summed E-state index contributed by atoms with van der Waals surface area (Å²) in [6.45, 7) is 11.6. The second kappa shape index (κ2) is 14.1. The summed E-state index contributed by atoms with van der Waals surface area (Å²) in [4.78, 5) is 0. The molecule has 1 atom stereocenters. The van der Waals surface area contributed by atoms with E-state index in [4.69, 9.17) is 0 Å². The molecule has 0 fully saturated rings. The number of unbranched alkanes of at least 4 members (excludes halogenated alkanes) is 3. The normalized spacial score (nSPS) is 15.2. The lowest BCUT2D eigenvalue weighted by molar-refractivity contribution is 0.748. The molecule has 0 amide bonds. The third kappa shape index (κ3) is 6.57. The van der Waals surface area contributed by atoms with Gasteiger partial charge in [0.15, 0.2) is 8.07 Å². The molecule has 0 heterocycles. The van der Waals surface area contributed by atoms with Gasteiger partial charge in [0.25, 0.3) is 0 Å². The van der Waals surface area contributed by atoms with Crippen LogP contribution in [0.25, 0.3) is 0 Å². The molecule has 4 rings (SSSR count). The van der Waals surface area contributed by atoms with Crippen LogP contribution in [0.1, 0.15) is 89.8 Å². The molecule has 1 aliphatic carbocycles. The van der Waals surface area contributed by atoms with E-state index in [0.717, 1.165) is 0 Å². The number of rotatable bonds is 14. The Hall–Kier alpha value is -2.64. The highest BCUT2D eigenvalue weighted by Crippen LogP contribution is 2.39. The quantitative estimate of drug-likeness (QED) is 0.143. The molecule has 0 nitrogen and oxygen atoms in total. The molecule has 0 N–H and O–H groups in total. The highest BCUT2D eigenvalue weighted by atomic mass is 28.3. The predicted octanol–water partition coefficient (Wildman–Crippen LogP) is 8.71. The summed E-state index contributed by atoms with van der Waals surface area (Å²) in [5.74, 6) is 0.522. The number of hydrogen-bond donors (Lipinski definition) is 0. The molecule has 206 valence electrons. The van der Waals surface area contributed by atoms with E-state index in [-0.39, 0.29) is 0 Å². The molecule has 39 heavy (non-hydrogen) atoms. The topological polar surface area (TPSA) is 0 Å². The summed E-state index contributed by atoms with van der Waals surface area (Å²) in [5.41, 5.74) is 6.41. The van der Waals surface area contributed by atoms with Gasteiger partial charge in [-0.2, -0.15) is 0 Å². The van der Waals surface area contributed by atoms with Crippen LogP contribution >= 0.6 is 0 Å². The molecule has 1 aliphatic rings. The average molecular weight is 535 g/mol. The fourth-order valence-corrected chi connectivity index (χ4v) is 11.9. The largest absolute Gasteiger partial charge is 0.158 e. The van der Waals surface area contributed by atoms with E-state index in [2.05, 4.69) is 126 Å². The van der Waals surface area contributed by atoms with Gasteiger partial charge in [0.2, 0.25) is 0 Å². The van der Waals surface area contributed by atoms with E-state index >= 15 is 0 Å². The van der Waals surface area contributed by atoms with E-state index in [1.807, 2.05) is 0 Å². The van der Waals surface area contributed by atoms with Gasteiger partial charge < -0.3 is 0 Å². The minimum absolute atomic E-state index is 0.418. The van der Waals surface area contributed by atoms with Crippen molar-refractivity contribution in [2.45, 2.75) is 97.9 Å². The summed E-state index contributed by atoms with van der Waals surface area (Å²) < 4.78 is 0. The molecule has 3 aromatic carbocycles. The molecule has 0 aromatic heterocycles. The molecule has 0 radical (unpaired) electrons. The van der Waals surface area contributed by atoms with Crippen molar-refractivity contribution in [3.63, 3.8) is 0 Å². The van der Waals surface area contributed by atoms with E-state index < -0.39 is 8.07 Å². The molecule has 1 heteroatoms. The minimum Gasteiger partial charge on any atom is -0.0790 e. The van der Waals surface area contributed by atoms with Crippen LogP contribution in [0.4, 0.5) is 0 Å². The summed E-state index contributed by atoms with van der Waals surface area (Å²) >= 11 is 0. The number of allylic oxidation sites excluding steroid dienone is 4. The third-order valence-electron chi connectivity index (χ3n) is 8.77. The predicted molar refractivity (Wildman–Crippen MR) is 176 cm³/mol. The Morgan fingerprint density at radius 3 is 1.23 bits per heavy atom. The SMILES string of the molecule is CCCCc1ccc([Si](c2ccc(CCCC)cc2)(c2ccc(CCCC)cc2)C2C=CC=C2C(C)C)cc1. The minimum atomic E-state index is -2.43. The zero-order valence-electron chi connectivity index (χ0n) is 25.2. The first kappa shape index (κ1) is 29.3. The van der Waals surface area contributed by atoms with Crippen molar-refractivity contribution in [2.24, 2.45) is 5.92 Å². The summed E-state index contributed by atoms with van der Waals surface area (Å²) in [6, 6.07) is 29.5. The Morgan fingerprint density at radius 1 is 0.564 bits per heavy atom. The van der Waals surface area contributed by atoms with Crippen LogP contribution in [0.15, 0.2) is 96.6 Å². The lowest BCUT2D eigenvalue weighted by Gasteiger charge is -2.41. The van der Waals surface area contributed by atoms with Crippen molar-refractivity contribution in [1.82, 2.24) is 0 Å². The van der Waals surface area contributed by atoms with Crippen LogP contribution < -0.4 is 15.6 Å². The maximum Gasteiger partial charge on any atom is 0.158 e. The van der Waals surface area contributed by atoms with Crippen LogP contribution in [-0.2, 0) is 19.3 Å². The Morgan fingerprint density at radius 2 is 0.923 bits per heavy atom. The molecule has 0 bridgehead atoms. The molecular weight excluding hydrogens is 485 g/mol. The van der Waals surface area contributed by atoms with Gasteiger partial charge >= 0.3 is 0 Å². The zero-order valence-corrected chi connectivity index (χ0v) is 26.2. The average Bonchev–Trinajstić information content (AvgIpc) is 3.47. The zero-order chi connectivity index (χ0) is 27.7. The first-order valence-corrected chi connectivity index (χ1v) is 17.8. The van der Waals surface area contributed by atoms with Gasteiger partial charge in [-0.3, -0.25) is 0 Å². The van der Waals surface area contributed by atoms with Crippen molar-refractivity contribution in [3.05, 3.63) is 113 Å². The van der Waals surface area contributed by atoms with Gasteiger partial charge in [-0.15, -0.1) is 0 Å². The van der Waals surface area contributed by atoms with E-state index in [0.29, 0.717) is 11.5 Å². The molecule has 0 spiro atoms. The van der Waals surface area contributed by atoms with Crippen molar-refractivity contribution in [3.8, 4) is 0 Å². The molecule has 0 saturated heterocycles. The monoisotopic (exact) mass is 534 g/mol. The lowest BCUT2D eigenvalue weighted by Crippen LogP contribution is -2.70. The van der Waals surface area contributed by atoms with Gasteiger partial charge in [-0.1, -0.05) is 150 Å². The summed E-state index contributed by atoms with van der Waals surface area (Å²) in [6.07, 6.45) is 18.3. The Bertz CT molecular complexity index is 1080. The maximum atomic E-state index is 2.53. The van der Waals surface area contributed by atoms with Gasteiger partial charge in [0.05, 0.1) is 0 Å².